The second kappa shape index (κ2) is 5.90. The normalized spacial score (nSPS) is 17.2. The van der Waals surface area contributed by atoms with Gasteiger partial charge in [-0.25, -0.2) is 8.42 Å². The van der Waals surface area contributed by atoms with Crippen LogP contribution in [0.2, 0.25) is 0 Å². The van der Waals surface area contributed by atoms with Crippen molar-refractivity contribution in [1.29, 1.82) is 0 Å². The predicted molar refractivity (Wildman–Crippen MR) is 82.4 cm³/mol. The van der Waals surface area contributed by atoms with Gasteiger partial charge in [0.15, 0.2) is 9.84 Å². The van der Waals surface area contributed by atoms with Gasteiger partial charge in [-0.2, -0.15) is 0 Å². The van der Waals surface area contributed by atoms with Gasteiger partial charge < -0.3 is 4.74 Å². The van der Waals surface area contributed by atoms with Crippen molar-refractivity contribution in [2.75, 3.05) is 12.4 Å². The third-order valence-electron chi connectivity index (χ3n) is 3.87. The van der Waals surface area contributed by atoms with Gasteiger partial charge in [0.05, 0.1) is 17.3 Å². The Morgan fingerprint density at radius 2 is 1.71 bits per heavy atom. The highest BCUT2D eigenvalue weighted by Gasteiger charge is 2.24. The molecule has 21 heavy (non-hydrogen) atoms. The number of para-hydroxylation sites is 1. The molecule has 0 spiro atoms. The summed E-state index contributed by atoms with van der Waals surface area (Å²) < 4.78 is 30.1. The molecule has 0 aromatic heterocycles. The van der Waals surface area contributed by atoms with E-state index >= 15 is 0 Å². The molecule has 110 valence electrons. The van der Waals surface area contributed by atoms with E-state index in [1.165, 1.54) is 5.56 Å². The first kappa shape index (κ1) is 14.1. The van der Waals surface area contributed by atoms with E-state index in [1.54, 1.807) is 24.3 Å². The smallest absolute Gasteiger partial charge is 0.178 e. The summed E-state index contributed by atoms with van der Waals surface area (Å²) in [6.07, 6.45) is 1.49. The predicted octanol–water partition coefficient (Wildman–Crippen LogP) is 3.42. The lowest BCUT2D eigenvalue weighted by molar-refractivity contribution is 0.324. The molecule has 0 aliphatic carbocycles. The molecule has 0 bridgehead atoms. The molecule has 3 rings (SSSR count). The number of hydrogen-bond donors (Lipinski definition) is 0. The van der Waals surface area contributed by atoms with E-state index in [4.69, 9.17) is 4.74 Å². The molecule has 0 fully saturated rings. The van der Waals surface area contributed by atoms with Gasteiger partial charge in [0.1, 0.15) is 5.75 Å². The molecule has 0 saturated heterocycles. The van der Waals surface area contributed by atoms with Crippen LogP contribution in [-0.4, -0.2) is 20.8 Å². The SMILES string of the molecule is O=S(=O)(CCCC1COc2ccccc21)c1ccccc1. The van der Waals surface area contributed by atoms with Crippen LogP contribution in [0.15, 0.2) is 59.5 Å². The van der Waals surface area contributed by atoms with E-state index in [9.17, 15) is 8.42 Å². The number of rotatable bonds is 5. The lowest BCUT2D eigenvalue weighted by Crippen LogP contribution is -2.09. The van der Waals surface area contributed by atoms with Gasteiger partial charge in [-0.1, -0.05) is 36.4 Å². The molecule has 0 radical (unpaired) electrons. The standard InChI is InChI=1S/C17H18O3S/c18-21(19,15-8-2-1-3-9-15)12-6-7-14-13-20-17-11-5-4-10-16(14)17/h1-5,8-11,14H,6-7,12-13H2. The fraction of sp³-hybridized carbons (Fsp3) is 0.294. The summed E-state index contributed by atoms with van der Waals surface area (Å²) in [5.74, 6) is 1.44. The lowest BCUT2D eigenvalue weighted by Gasteiger charge is -2.09. The summed E-state index contributed by atoms with van der Waals surface area (Å²) in [7, 11) is -3.17. The topological polar surface area (TPSA) is 43.4 Å². The second-order valence-corrected chi connectivity index (χ2v) is 7.43. The Labute approximate surface area is 125 Å². The van der Waals surface area contributed by atoms with Crippen LogP contribution < -0.4 is 4.74 Å². The minimum Gasteiger partial charge on any atom is -0.493 e. The Morgan fingerprint density at radius 1 is 1.00 bits per heavy atom. The first-order valence-electron chi connectivity index (χ1n) is 7.16. The van der Waals surface area contributed by atoms with Crippen molar-refractivity contribution >= 4 is 9.84 Å². The highest BCUT2D eigenvalue weighted by Crippen LogP contribution is 2.36. The molecule has 1 aliphatic rings. The van der Waals surface area contributed by atoms with Crippen molar-refractivity contribution in [2.24, 2.45) is 0 Å². The van der Waals surface area contributed by atoms with E-state index in [-0.39, 0.29) is 5.75 Å². The number of fused-ring (bicyclic) bond motifs is 1. The summed E-state index contributed by atoms with van der Waals surface area (Å²) in [6, 6.07) is 16.7. The van der Waals surface area contributed by atoms with Crippen LogP contribution in [0.25, 0.3) is 0 Å². The van der Waals surface area contributed by atoms with Crippen molar-refractivity contribution in [3.8, 4) is 5.75 Å². The van der Waals surface area contributed by atoms with Crippen LogP contribution in [-0.2, 0) is 9.84 Å². The maximum absolute atomic E-state index is 12.2. The van der Waals surface area contributed by atoms with E-state index in [1.807, 2.05) is 24.3 Å². The van der Waals surface area contributed by atoms with Crippen LogP contribution in [0, 0.1) is 0 Å². The highest BCUT2D eigenvalue weighted by atomic mass is 32.2. The summed E-state index contributed by atoms with van der Waals surface area (Å²) >= 11 is 0. The van der Waals surface area contributed by atoms with Crippen LogP contribution in [0.3, 0.4) is 0 Å². The average Bonchev–Trinajstić information content (AvgIpc) is 2.92. The molecule has 0 saturated carbocycles. The first-order valence-corrected chi connectivity index (χ1v) is 8.81. The summed E-state index contributed by atoms with van der Waals surface area (Å²) in [5.41, 5.74) is 1.20. The van der Waals surface area contributed by atoms with E-state index in [0.717, 1.165) is 12.2 Å². The summed E-state index contributed by atoms with van der Waals surface area (Å²) in [6.45, 7) is 0.657. The van der Waals surface area contributed by atoms with Gasteiger partial charge in [-0.15, -0.1) is 0 Å². The fourth-order valence-electron chi connectivity index (χ4n) is 2.73. The third-order valence-corrected chi connectivity index (χ3v) is 5.68. The lowest BCUT2D eigenvalue weighted by atomic mass is 9.97. The van der Waals surface area contributed by atoms with Crippen molar-refractivity contribution in [2.45, 2.75) is 23.7 Å². The van der Waals surface area contributed by atoms with Crippen molar-refractivity contribution < 1.29 is 13.2 Å². The molecule has 0 amide bonds. The zero-order chi connectivity index (χ0) is 14.7. The average molecular weight is 302 g/mol. The Morgan fingerprint density at radius 3 is 2.52 bits per heavy atom. The Bertz CT molecular complexity index is 708. The Hall–Kier alpha value is -1.81. The molecule has 1 unspecified atom stereocenters. The first-order chi connectivity index (χ1) is 10.2. The third kappa shape index (κ3) is 3.10. The molecule has 2 aromatic carbocycles. The molecule has 3 nitrogen and oxygen atoms in total. The highest BCUT2D eigenvalue weighted by molar-refractivity contribution is 7.91. The molecule has 0 N–H and O–H groups in total. The number of benzene rings is 2. The van der Waals surface area contributed by atoms with E-state index < -0.39 is 9.84 Å². The molecule has 1 heterocycles. The monoisotopic (exact) mass is 302 g/mol. The van der Waals surface area contributed by atoms with Gasteiger partial charge in [0, 0.05) is 11.5 Å². The van der Waals surface area contributed by atoms with Gasteiger partial charge in [0.2, 0.25) is 0 Å². The van der Waals surface area contributed by atoms with E-state index in [0.29, 0.717) is 23.8 Å². The van der Waals surface area contributed by atoms with Gasteiger partial charge >= 0.3 is 0 Å². The second-order valence-electron chi connectivity index (χ2n) is 5.32. The minimum atomic E-state index is -3.17. The number of ether oxygens (including phenoxy) is 1. The quantitative estimate of drug-likeness (QED) is 0.850. The zero-order valence-corrected chi connectivity index (χ0v) is 12.6. The maximum atomic E-state index is 12.2. The molecule has 1 aliphatic heterocycles. The largest absolute Gasteiger partial charge is 0.493 e. The number of sulfone groups is 1. The van der Waals surface area contributed by atoms with Crippen LogP contribution >= 0.6 is 0 Å². The Kier molecular flexibility index (Phi) is 3.97. The van der Waals surface area contributed by atoms with Crippen molar-refractivity contribution in [1.82, 2.24) is 0 Å². The number of hydrogen-bond acceptors (Lipinski definition) is 3. The van der Waals surface area contributed by atoms with Gasteiger partial charge in [-0.05, 0) is 31.0 Å². The van der Waals surface area contributed by atoms with Crippen LogP contribution in [0.4, 0.5) is 0 Å². The molecule has 4 heteroatoms. The minimum absolute atomic E-state index is 0.190. The van der Waals surface area contributed by atoms with Crippen molar-refractivity contribution in [3.05, 3.63) is 60.2 Å². The van der Waals surface area contributed by atoms with E-state index in [2.05, 4.69) is 6.07 Å². The summed E-state index contributed by atoms with van der Waals surface area (Å²) in [5, 5.41) is 0. The molecule has 2 aromatic rings. The van der Waals surface area contributed by atoms with Gasteiger partial charge in [0.25, 0.3) is 0 Å². The van der Waals surface area contributed by atoms with Crippen LogP contribution in [0.5, 0.6) is 5.75 Å². The fourth-order valence-corrected chi connectivity index (χ4v) is 4.09. The summed E-state index contributed by atoms with van der Waals surface area (Å²) in [4.78, 5) is 0.410. The zero-order valence-electron chi connectivity index (χ0n) is 11.7. The molecular weight excluding hydrogens is 284 g/mol. The van der Waals surface area contributed by atoms with Gasteiger partial charge in [-0.3, -0.25) is 0 Å². The molecule has 1 atom stereocenters. The molecular formula is C17H18O3S. The Balaban J connectivity index is 1.60. The maximum Gasteiger partial charge on any atom is 0.178 e. The van der Waals surface area contributed by atoms with Crippen molar-refractivity contribution in [3.63, 3.8) is 0 Å². The van der Waals surface area contributed by atoms with Crippen LogP contribution in [0.1, 0.15) is 24.3 Å².